The monoisotopic (exact) mass is 323 g/mol. The van der Waals surface area contributed by atoms with Crippen LogP contribution in [0.5, 0.6) is 0 Å². The largest absolute Gasteiger partial charge is 0.481 e. The van der Waals surface area contributed by atoms with E-state index in [2.05, 4.69) is 0 Å². The van der Waals surface area contributed by atoms with Crippen molar-refractivity contribution in [3.63, 3.8) is 0 Å². The Labute approximate surface area is 139 Å². The number of benzene rings is 2. The van der Waals surface area contributed by atoms with Gasteiger partial charge in [-0.15, -0.1) is 0 Å². The number of anilines is 1. The Bertz CT molecular complexity index is 815. The van der Waals surface area contributed by atoms with Gasteiger partial charge in [0.2, 0.25) is 5.91 Å². The molecule has 5 heteroatoms. The van der Waals surface area contributed by atoms with E-state index < -0.39 is 29.5 Å². The van der Waals surface area contributed by atoms with Crippen molar-refractivity contribution in [2.75, 3.05) is 4.90 Å². The van der Waals surface area contributed by atoms with Crippen LogP contribution >= 0.6 is 0 Å². The van der Waals surface area contributed by atoms with Gasteiger partial charge in [-0.25, -0.2) is 0 Å². The number of para-hydroxylation sites is 1. The number of aliphatic carboxylic acids is 1. The number of amides is 1. The summed E-state index contributed by atoms with van der Waals surface area (Å²) in [5, 5.41) is 9.17. The molecule has 3 rings (SSSR count). The molecular weight excluding hydrogens is 306 g/mol. The lowest BCUT2D eigenvalue weighted by Gasteiger charge is -2.38. The molecular formula is C19H17NO4. The van der Waals surface area contributed by atoms with Crippen LogP contribution < -0.4 is 4.90 Å². The van der Waals surface area contributed by atoms with Gasteiger partial charge in [0.15, 0.2) is 5.78 Å². The summed E-state index contributed by atoms with van der Waals surface area (Å²) in [7, 11) is 0. The minimum Gasteiger partial charge on any atom is -0.481 e. The molecule has 0 spiro atoms. The molecule has 1 aliphatic rings. The molecule has 2 aromatic rings. The minimum absolute atomic E-state index is 0.291. The van der Waals surface area contributed by atoms with E-state index in [1.165, 1.54) is 11.8 Å². The highest BCUT2D eigenvalue weighted by Gasteiger charge is 2.50. The summed E-state index contributed by atoms with van der Waals surface area (Å²) < 4.78 is 0. The molecule has 1 heterocycles. The molecule has 1 atom stereocenters. The molecule has 0 aromatic heterocycles. The second kappa shape index (κ2) is 5.92. The summed E-state index contributed by atoms with van der Waals surface area (Å²) in [6, 6.07) is 16.2. The SMILES string of the molecule is CC1(CC(=O)O)C(=O)c2ccccc2N(Cc2ccccc2)C1=O. The average Bonchev–Trinajstić information content (AvgIpc) is 2.57. The minimum atomic E-state index is -1.59. The first kappa shape index (κ1) is 15.9. The Hall–Kier alpha value is -2.95. The maximum absolute atomic E-state index is 13.0. The summed E-state index contributed by atoms with van der Waals surface area (Å²) in [4.78, 5) is 38.5. The first-order valence-electron chi connectivity index (χ1n) is 7.65. The second-order valence-electron chi connectivity index (χ2n) is 6.13. The van der Waals surface area contributed by atoms with Crippen molar-refractivity contribution in [1.82, 2.24) is 0 Å². The molecule has 2 aromatic carbocycles. The highest BCUT2D eigenvalue weighted by atomic mass is 16.4. The van der Waals surface area contributed by atoms with Crippen LogP contribution in [-0.2, 0) is 16.1 Å². The summed E-state index contributed by atoms with van der Waals surface area (Å²) in [6.45, 7) is 1.71. The van der Waals surface area contributed by atoms with E-state index in [-0.39, 0.29) is 0 Å². The van der Waals surface area contributed by atoms with E-state index in [0.29, 0.717) is 17.8 Å². The number of carbonyl (C=O) groups is 3. The molecule has 1 aliphatic heterocycles. The topological polar surface area (TPSA) is 74.7 Å². The summed E-state index contributed by atoms with van der Waals surface area (Å²) in [5.74, 6) is -2.08. The fraction of sp³-hybridized carbons (Fsp3) is 0.211. The van der Waals surface area contributed by atoms with Gasteiger partial charge >= 0.3 is 5.97 Å². The quantitative estimate of drug-likeness (QED) is 0.878. The molecule has 1 unspecified atom stereocenters. The van der Waals surface area contributed by atoms with E-state index in [1.807, 2.05) is 30.3 Å². The van der Waals surface area contributed by atoms with Crippen molar-refractivity contribution in [3.05, 3.63) is 65.7 Å². The number of carboxylic acids is 1. The van der Waals surface area contributed by atoms with Crippen molar-refractivity contribution in [2.24, 2.45) is 5.41 Å². The highest BCUT2D eigenvalue weighted by Crippen LogP contribution is 2.40. The molecule has 0 fully saturated rings. The van der Waals surface area contributed by atoms with Crippen molar-refractivity contribution in [2.45, 2.75) is 19.9 Å². The summed E-state index contributed by atoms with van der Waals surface area (Å²) >= 11 is 0. The Kier molecular flexibility index (Phi) is 3.93. The average molecular weight is 323 g/mol. The smallest absolute Gasteiger partial charge is 0.304 e. The summed E-state index contributed by atoms with van der Waals surface area (Å²) in [6.07, 6.45) is -0.524. The number of fused-ring (bicyclic) bond motifs is 1. The number of hydrogen-bond acceptors (Lipinski definition) is 3. The van der Waals surface area contributed by atoms with Crippen LogP contribution in [0.4, 0.5) is 5.69 Å². The van der Waals surface area contributed by atoms with Gasteiger partial charge in [-0.2, -0.15) is 0 Å². The third-order valence-electron chi connectivity index (χ3n) is 4.35. The van der Waals surface area contributed by atoms with Crippen molar-refractivity contribution >= 4 is 23.3 Å². The van der Waals surface area contributed by atoms with E-state index in [1.54, 1.807) is 24.3 Å². The summed E-state index contributed by atoms with van der Waals surface area (Å²) in [5.41, 5.74) is 0.235. The van der Waals surface area contributed by atoms with Crippen LogP contribution in [0, 0.1) is 5.41 Å². The lowest BCUT2D eigenvalue weighted by Crippen LogP contribution is -2.52. The highest BCUT2D eigenvalue weighted by molar-refractivity contribution is 6.25. The van der Waals surface area contributed by atoms with Gasteiger partial charge in [-0.3, -0.25) is 14.4 Å². The Morgan fingerprint density at radius 3 is 2.33 bits per heavy atom. The van der Waals surface area contributed by atoms with Gasteiger partial charge in [-0.05, 0) is 24.6 Å². The maximum Gasteiger partial charge on any atom is 0.304 e. The maximum atomic E-state index is 13.0. The Balaban J connectivity index is 2.09. The second-order valence-corrected chi connectivity index (χ2v) is 6.13. The first-order chi connectivity index (χ1) is 11.4. The Morgan fingerprint density at radius 1 is 1.04 bits per heavy atom. The van der Waals surface area contributed by atoms with Crippen LogP contribution in [0.2, 0.25) is 0 Å². The molecule has 24 heavy (non-hydrogen) atoms. The van der Waals surface area contributed by atoms with Gasteiger partial charge in [-0.1, -0.05) is 42.5 Å². The number of rotatable bonds is 4. The predicted octanol–water partition coefficient (Wildman–Crippen LogP) is 2.90. The molecule has 1 N–H and O–H groups in total. The lowest BCUT2D eigenvalue weighted by atomic mass is 9.74. The number of carboxylic acid groups (broad SMARTS) is 1. The van der Waals surface area contributed by atoms with Gasteiger partial charge in [0.05, 0.1) is 18.7 Å². The fourth-order valence-corrected chi connectivity index (χ4v) is 3.08. The van der Waals surface area contributed by atoms with Gasteiger partial charge in [0, 0.05) is 5.56 Å². The molecule has 122 valence electrons. The number of nitrogens with zero attached hydrogens (tertiary/aromatic N) is 1. The molecule has 0 bridgehead atoms. The molecule has 0 radical (unpaired) electrons. The van der Waals surface area contributed by atoms with Gasteiger partial charge in [0.25, 0.3) is 0 Å². The van der Waals surface area contributed by atoms with Crippen molar-refractivity contribution < 1.29 is 19.5 Å². The van der Waals surface area contributed by atoms with Crippen LogP contribution in [0.15, 0.2) is 54.6 Å². The molecule has 5 nitrogen and oxygen atoms in total. The zero-order valence-electron chi connectivity index (χ0n) is 13.2. The van der Waals surface area contributed by atoms with Crippen LogP contribution in [-0.4, -0.2) is 22.8 Å². The van der Waals surface area contributed by atoms with Crippen LogP contribution in [0.3, 0.4) is 0 Å². The third kappa shape index (κ3) is 2.58. The number of hydrogen-bond donors (Lipinski definition) is 1. The van der Waals surface area contributed by atoms with E-state index >= 15 is 0 Å². The predicted molar refractivity (Wildman–Crippen MR) is 88.8 cm³/mol. The zero-order valence-corrected chi connectivity index (χ0v) is 13.2. The van der Waals surface area contributed by atoms with E-state index in [0.717, 1.165) is 5.56 Å². The zero-order chi connectivity index (χ0) is 17.3. The van der Waals surface area contributed by atoms with E-state index in [9.17, 15) is 14.4 Å². The van der Waals surface area contributed by atoms with Crippen molar-refractivity contribution in [3.8, 4) is 0 Å². The van der Waals surface area contributed by atoms with Crippen LogP contribution in [0.25, 0.3) is 0 Å². The number of carbonyl (C=O) groups excluding carboxylic acids is 2. The van der Waals surface area contributed by atoms with Gasteiger partial charge < -0.3 is 10.0 Å². The third-order valence-corrected chi connectivity index (χ3v) is 4.35. The number of Topliss-reactive ketones (excluding diaryl/α,β-unsaturated/α-hetero) is 1. The first-order valence-corrected chi connectivity index (χ1v) is 7.65. The van der Waals surface area contributed by atoms with E-state index in [4.69, 9.17) is 5.11 Å². The Morgan fingerprint density at radius 2 is 1.67 bits per heavy atom. The molecule has 0 aliphatic carbocycles. The lowest BCUT2D eigenvalue weighted by molar-refractivity contribution is -0.142. The fourth-order valence-electron chi connectivity index (χ4n) is 3.08. The normalized spacial score (nSPS) is 20.0. The van der Waals surface area contributed by atoms with Crippen LogP contribution in [0.1, 0.15) is 29.3 Å². The molecule has 0 saturated carbocycles. The van der Waals surface area contributed by atoms with Crippen molar-refractivity contribution in [1.29, 1.82) is 0 Å². The standard InChI is InChI=1S/C19H17NO4/c1-19(11-16(21)22)17(23)14-9-5-6-10-15(14)20(18(19)24)12-13-7-3-2-4-8-13/h2-10H,11-12H2,1H3,(H,21,22). The number of ketones is 1. The molecule has 0 saturated heterocycles. The molecule has 1 amide bonds. The van der Waals surface area contributed by atoms with Gasteiger partial charge in [0.1, 0.15) is 5.41 Å².